The number of benzene rings is 1. The average Bonchev–Trinajstić information content (AvgIpc) is 2.81. The molecule has 1 saturated heterocycles. The maximum Gasteiger partial charge on any atom is 0.434 e. The number of piperidine rings is 1. The number of fused-ring (bicyclic) bond motifs is 1. The number of halogens is 5. The molecule has 1 aliphatic rings. The van der Waals surface area contributed by atoms with E-state index >= 15 is 0 Å². The Labute approximate surface area is 204 Å². The van der Waals surface area contributed by atoms with Gasteiger partial charge in [0.2, 0.25) is 0 Å². The Morgan fingerprint density at radius 1 is 1.15 bits per heavy atom. The molecule has 3 heterocycles. The fourth-order valence-corrected chi connectivity index (χ4v) is 4.11. The summed E-state index contributed by atoms with van der Waals surface area (Å²) in [5.74, 6) is -0.164. The minimum Gasteiger partial charge on any atom is -0.490 e. The van der Waals surface area contributed by atoms with E-state index in [1.807, 2.05) is 0 Å². The standard InChI is InChI=1S/C23H21Cl2F3N4O2/c24-18-2-1-16(12-19(18)25)34-15-4-8-32(9-5-15)10-7-30-22(33)17-11-14-13-29-6-3-20(14)31-21(17)23(26,27)28/h1-3,6,11-13,15H,4-5,7-10H2,(H,30,33). The van der Waals surface area contributed by atoms with Gasteiger partial charge in [-0.2, -0.15) is 13.2 Å². The van der Waals surface area contributed by atoms with E-state index in [0.29, 0.717) is 27.7 Å². The summed E-state index contributed by atoms with van der Waals surface area (Å²) in [4.78, 5) is 22.2. The first-order valence-electron chi connectivity index (χ1n) is 10.6. The largest absolute Gasteiger partial charge is 0.490 e. The second kappa shape index (κ2) is 10.3. The van der Waals surface area contributed by atoms with Crippen LogP contribution in [0.15, 0.2) is 42.7 Å². The number of likely N-dealkylation sites (tertiary alicyclic amines) is 1. The van der Waals surface area contributed by atoms with Crippen molar-refractivity contribution in [2.24, 2.45) is 0 Å². The summed E-state index contributed by atoms with van der Waals surface area (Å²) >= 11 is 11.9. The van der Waals surface area contributed by atoms with E-state index in [9.17, 15) is 18.0 Å². The summed E-state index contributed by atoms with van der Waals surface area (Å²) in [7, 11) is 0. The third-order valence-electron chi connectivity index (χ3n) is 5.57. The van der Waals surface area contributed by atoms with Gasteiger partial charge < -0.3 is 15.0 Å². The van der Waals surface area contributed by atoms with Crippen LogP contribution < -0.4 is 10.1 Å². The maximum atomic E-state index is 13.5. The van der Waals surface area contributed by atoms with Gasteiger partial charge in [0.1, 0.15) is 11.9 Å². The predicted octanol–water partition coefficient (Wildman–Crippen LogP) is 5.23. The lowest BCUT2D eigenvalue weighted by Crippen LogP contribution is -2.42. The highest BCUT2D eigenvalue weighted by atomic mass is 35.5. The van der Waals surface area contributed by atoms with E-state index < -0.39 is 23.3 Å². The minimum atomic E-state index is -4.75. The molecule has 34 heavy (non-hydrogen) atoms. The summed E-state index contributed by atoms with van der Waals surface area (Å²) in [5, 5.41) is 3.84. The van der Waals surface area contributed by atoms with Gasteiger partial charge in [-0.25, -0.2) is 4.98 Å². The number of ether oxygens (including phenoxy) is 1. The van der Waals surface area contributed by atoms with Crippen LogP contribution in [-0.4, -0.2) is 53.1 Å². The average molecular weight is 513 g/mol. The number of hydrogen-bond donors (Lipinski definition) is 1. The van der Waals surface area contributed by atoms with E-state index in [0.717, 1.165) is 25.9 Å². The molecule has 1 aromatic carbocycles. The van der Waals surface area contributed by atoms with Gasteiger partial charge in [-0.15, -0.1) is 0 Å². The molecule has 0 atom stereocenters. The zero-order valence-corrected chi connectivity index (χ0v) is 19.4. The molecule has 0 aliphatic carbocycles. The highest BCUT2D eigenvalue weighted by Gasteiger charge is 2.37. The molecule has 2 aromatic heterocycles. The van der Waals surface area contributed by atoms with Crippen LogP contribution >= 0.6 is 23.2 Å². The normalized spacial score (nSPS) is 15.4. The fraction of sp³-hybridized carbons (Fsp3) is 0.348. The number of aromatic nitrogens is 2. The van der Waals surface area contributed by atoms with Crippen molar-refractivity contribution < 1.29 is 22.7 Å². The molecule has 6 nitrogen and oxygen atoms in total. The molecule has 0 spiro atoms. The molecule has 1 fully saturated rings. The van der Waals surface area contributed by atoms with Gasteiger partial charge in [0.15, 0.2) is 5.69 Å². The highest BCUT2D eigenvalue weighted by molar-refractivity contribution is 6.42. The number of rotatable bonds is 6. The molecular formula is C23H21Cl2F3N4O2. The van der Waals surface area contributed by atoms with Gasteiger partial charge >= 0.3 is 6.18 Å². The molecule has 11 heteroatoms. The van der Waals surface area contributed by atoms with Crippen molar-refractivity contribution in [2.75, 3.05) is 26.2 Å². The van der Waals surface area contributed by atoms with E-state index in [-0.39, 0.29) is 18.2 Å². The van der Waals surface area contributed by atoms with Crippen LogP contribution in [0.2, 0.25) is 10.0 Å². The second-order valence-corrected chi connectivity index (χ2v) is 8.76. The highest BCUT2D eigenvalue weighted by Crippen LogP contribution is 2.32. The van der Waals surface area contributed by atoms with E-state index in [4.69, 9.17) is 27.9 Å². The number of amides is 1. The van der Waals surface area contributed by atoms with Crippen LogP contribution in [0, 0.1) is 0 Å². The van der Waals surface area contributed by atoms with Crippen molar-refractivity contribution in [3.8, 4) is 5.75 Å². The van der Waals surface area contributed by atoms with E-state index in [2.05, 4.69) is 20.2 Å². The Kier molecular flexibility index (Phi) is 7.45. The molecule has 1 N–H and O–H groups in total. The lowest BCUT2D eigenvalue weighted by atomic mass is 10.1. The molecule has 1 aliphatic heterocycles. The number of pyridine rings is 2. The third kappa shape index (κ3) is 5.89. The van der Waals surface area contributed by atoms with E-state index in [1.165, 1.54) is 24.5 Å². The molecule has 4 rings (SSSR count). The van der Waals surface area contributed by atoms with Gasteiger partial charge in [-0.3, -0.25) is 9.78 Å². The number of nitrogens with zero attached hydrogens (tertiary/aromatic N) is 3. The lowest BCUT2D eigenvalue weighted by molar-refractivity contribution is -0.141. The third-order valence-corrected chi connectivity index (χ3v) is 6.31. The second-order valence-electron chi connectivity index (χ2n) is 7.94. The van der Waals surface area contributed by atoms with E-state index in [1.54, 1.807) is 18.2 Å². The molecule has 0 saturated carbocycles. The van der Waals surface area contributed by atoms with Crippen LogP contribution in [0.1, 0.15) is 28.9 Å². The van der Waals surface area contributed by atoms with Crippen molar-refractivity contribution in [3.05, 3.63) is 64.0 Å². The predicted molar refractivity (Wildman–Crippen MR) is 123 cm³/mol. The SMILES string of the molecule is O=C(NCCN1CCC(Oc2ccc(Cl)c(Cl)c2)CC1)c1cc2cnccc2nc1C(F)(F)F. The summed E-state index contributed by atoms with van der Waals surface area (Å²) < 4.78 is 46.4. The van der Waals surface area contributed by atoms with Crippen LogP contribution in [0.3, 0.4) is 0 Å². The fourth-order valence-electron chi connectivity index (χ4n) is 3.82. The summed E-state index contributed by atoms with van der Waals surface area (Å²) in [6, 6.07) is 7.69. The first-order chi connectivity index (χ1) is 16.2. The van der Waals surface area contributed by atoms with Crippen molar-refractivity contribution in [1.29, 1.82) is 0 Å². The molecule has 0 unspecified atom stereocenters. The molecule has 0 radical (unpaired) electrons. The van der Waals surface area contributed by atoms with Crippen molar-refractivity contribution in [3.63, 3.8) is 0 Å². The zero-order valence-electron chi connectivity index (χ0n) is 17.9. The summed E-state index contributed by atoms with van der Waals surface area (Å²) in [6.07, 6.45) is -0.449. The molecule has 1 amide bonds. The zero-order chi connectivity index (χ0) is 24.3. The van der Waals surface area contributed by atoms with Crippen molar-refractivity contribution in [2.45, 2.75) is 25.1 Å². The molecular weight excluding hydrogens is 492 g/mol. The Hall–Kier alpha value is -2.62. The summed E-state index contributed by atoms with van der Waals surface area (Å²) in [5.41, 5.74) is -1.59. The minimum absolute atomic E-state index is 0.0229. The lowest BCUT2D eigenvalue weighted by Gasteiger charge is -2.32. The van der Waals surface area contributed by atoms with Gasteiger partial charge in [0.05, 0.1) is 21.1 Å². The van der Waals surface area contributed by atoms with Crippen molar-refractivity contribution in [1.82, 2.24) is 20.2 Å². The number of nitrogens with one attached hydrogen (secondary N) is 1. The van der Waals surface area contributed by atoms with Crippen LogP contribution in [-0.2, 0) is 6.18 Å². The van der Waals surface area contributed by atoms with Crippen LogP contribution in [0.5, 0.6) is 5.75 Å². The monoisotopic (exact) mass is 512 g/mol. The topological polar surface area (TPSA) is 67.4 Å². The Morgan fingerprint density at radius 3 is 2.62 bits per heavy atom. The first-order valence-corrected chi connectivity index (χ1v) is 11.4. The summed E-state index contributed by atoms with van der Waals surface area (Å²) in [6.45, 7) is 2.19. The number of alkyl halides is 3. The van der Waals surface area contributed by atoms with Crippen molar-refractivity contribution >= 4 is 40.0 Å². The Balaban J connectivity index is 1.30. The van der Waals surface area contributed by atoms with Gasteiger partial charge in [-0.1, -0.05) is 23.2 Å². The quantitative estimate of drug-likeness (QED) is 0.489. The number of hydrogen-bond acceptors (Lipinski definition) is 5. The molecule has 3 aromatic rings. The van der Waals surface area contributed by atoms with Crippen LogP contribution in [0.4, 0.5) is 13.2 Å². The number of carbonyl (C=O) groups excluding carboxylic acids is 1. The Bertz CT molecular complexity index is 1180. The molecule has 0 bridgehead atoms. The maximum absolute atomic E-state index is 13.5. The van der Waals surface area contributed by atoms with Gasteiger partial charge in [0.25, 0.3) is 5.91 Å². The number of carbonyl (C=O) groups is 1. The first kappa shape index (κ1) is 24.5. The van der Waals surface area contributed by atoms with Gasteiger partial charge in [-0.05, 0) is 37.1 Å². The smallest absolute Gasteiger partial charge is 0.434 e. The van der Waals surface area contributed by atoms with Gasteiger partial charge in [0, 0.05) is 50.0 Å². The Morgan fingerprint density at radius 2 is 1.91 bits per heavy atom. The molecule has 180 valence electrons. The van der Waals surface area contributed by atoms with Crippen LogP contribution in [0.25, 0.3) is 10.9 Å².